The number of amides is 1. The van der Waals surface area contributed by atoms with E-state index in [1.807, 2.05) is 16.8 Å². The first kappa shape index (κ1) is 20.2. The van der Waals surface area contributed by atoms with E-state index in [-0.39, 0.29) is 10.8 Å². The summed E-state index contributed by atoms with van der Waals surface area (Å²) in [7, 11) is -3.80. The number of thiophene rings is 1. The van der Waals surface area contributed by atoms with Crippen molar-refractivity contribution in [1.29, 1.82) is 0 Å². The van der Waals surface area contributed by atoms with Crippen LogP contribution in [0, 0.1) is 0 Å². The molecule has 2 heterocycles. The average Bonchev–Trinajstić information content (AvgIpc) is 3.11. The van der Waals surface area contributed by atoms with E-state index in [0.29, 0.717) is 42.5 Å². The third kappa shape index (κ3) is 4.92. The number of sulfonamides is 1. The molecule has 0 atom stereocenters. The molecule has 2 aromatic carbocycles. The molecule has 9 heteroatoms. The second-order valence-corrected chi connectivity index (χ2v) is 9.16. The lowest BCUT2D eigenvalue weighted by Gasteiger charge is -2.12. The average molecular weight is 445 g/mol. The number of carbonyl (C=O) groups is 1. The Hall–Kier alpha value is -3.04. The zero-order valence-electron chi connectivity index (χ0n) is 16.0. The topological polar surface area (TPSA) is 93.7 Å². The van der Waals surface area contributed by atoms with Gasteiger partial charge in [0.2, 0.25) is 5.91 Å². The molecule has 30 heavy (non-hydrogen) atoms. The van der Waals surface area contributed by atoms with Crippen LogP contribution in [0.15, 0.2) is 64.2 Å². The van der Waals surface area contributed by atoms with Crippen LogP contribution in [-0.2, 0) is 21.2 Å². The summed E-state index contributed by atoms with van der Waals surface area (Å²) in [6.07, 6.45) is 1.03. The summed E-state index contributed by atoms with van der Waals surface area (Å²) >= 11 is 1.54. The molecule has 3 aromatic rings. The van der Waals surface area contributed by atoms with Gasteiger partial charge in [0.05, 0.1) is 24.5 Å². The van der Waals surface area contributed by atoms with Gasteiger partial charge in [-0.15, -0.1) is 0 Å². The number of anilines is 2. The minimum atomic E-state index is -3.80. The molecule has 0 radical (unpaired) electrons. The number of benzene rings is 2. The minimum Gasteiger partial charge on any atom is -0.490 e. The monoisotopic (exact) mass is 444 g/mol. The first-order valence-corrected chi connectivity index (χ1v) is 11.8. The van der Waals surface area contributed by atoms with Crippen molar-refractivity contribution in [2.24, 2.45) is 0 Å². The number of nitrogens with one attached hydrogen (secondary N) is 2. The number of hydrogen-bond donors (Lipinski definition) is 2. The first-order chi connectivity index (χ1) is 14.5. The summed E-state index contributed by atoms with van der Waals surface area (Å²) in [4.78, 5) is 12.2. The van der Waals surface area contributed by atoms with E-state index in [1.54, 1.807) is 41.7 Å². The van der Waals surface area contributed by atoms with Crippen LogP contribution in [0.4, 0.5) is 11.4 Å². The molecule has 2 N–H and O–H groups in total. The molecule has 0 fully saturated rings. The zero-order valence-corrected chi connectivity index (χ0v) is 17.6. The maximum atomic E-state index is 12.7. The lowest BCUT2D eigenvalue weighted by molar-refractivity contribution is -0.115. The van der Waals surface area contributed by atoms with E-state index in [0.717, 1.165) is 12.0 Å². The van der Waals surface area contributed by atoms with E-state index in [4.69, 9.17) is 9.47 Å². The van der Waals surface area contributed by atoms with Crippen molar-refractivity contribution < 1.29 is 22.7 Å². The Morgan fingerprint density at radius 2 is 1.70 bits per heavy atom. The maximum Gasteiger partial charge on any atom is 0.262 e. The van der Waals surface area contributed by atoms with Crippen molar-refractivity contribution in [3.63, 3.8) is 0 Å². The lowest BCUT2D eigenvalue weighted by Crippen LogP contribution is -2.15. The molecular formula is C21H20N2O5S2. The van der Waals surface area contributed by atoms with E-state index in [2.05, 4.69) is 10.0 Å². The largest absolute Gasteiger partial charge is 0.490 e. The van der Waals surface area contributed by atoms with Crippen molar-refractivity contribution in [2.45, 2.75) is 17.7 Å². The molecule has 1 aromatic heterocycles. The second kappa shape index (κ2) is 8.76. The second-order valence-electron chi connectivity index (χ2n) is 6.70. The van der Waals surface area contributed by atoms with Crippen molar-refractivity contribution in [3.05, 3.63) is 64.9 Å². The molecule has 4 rings (SSSR count). The Balaban J connectivity index is 1.42. The molecule has 1 amide bonds. The zero-order chi connectivity index (χ0) is 21.0. The molecule has 0 unspecified atom stereocenters. The van der Waals surface area contributed by atoms with E-state index in [9.17, 15) is 13.2 Å². The van der Waals surface area contributed by atoms with Crippen molar-refractivity contribution in [1.82, 2.24) is 0 Å². The van der Waals surface area contributed by atoms with Crippen LogP contribution < -0.4 is 19.5 Å². The van der Waals surface area contributed by atoms with E-state index in [1.165, 1.54) is 12.1 Å². The van der Waals surface area contributed by atoms with Gasteiger partial charge in [0, 0.05) is 23.9 Å². The van der Waals surface area contributed by atoms with Crippen LogP contribution >= 0.6 is 11.3 Å². The van der Waals surface area contributed by atoms with Gasteiger partial charge < -0.3 is 14.8 Å². The fourth-order valence-corrected chi connectivity index (χ4v) is 4.67. The van der Waals surface area contributed by atoms with Gasteiger partial charge in [-0.1, -0.05) is 0 Å². The van der Waals surface area contributed by atoms with Crippen LogP contribution in [0.2, 0.25) is 0 Å². The van der Waals surface area contributed by atoms with Gasteiger partial charge in [-0.05, 0) is 58.8 Å². The highest BCUT2D eigenvalue weighted by atomic mass is 32.2. The Morgan fingerprint density at radius 3 is 2.43 bits per heavy atom. The van der Waals surface area contributed by atoms with Gasteiger partial charge in [0.1, 0.15) is 0 Å². The maximum absolute atomic E-state index is 12.7. The van der Waals surface area contributed by atoms with Crippen LogP contribution in [0.1, 0.15) is 12.0 Å². The number of hydrogen-bond acceptors (Lipinski definition) is 6. The molecular weight excluding hydrogens is 424 g/mol. The molecule has 0 saturated heterocycles. The van der Waals surface area contributed by atoms with E-state index >= 15 is 0 Å². The summed E-state index contributed by atoms with van der Waals surface area (Å²) in [6.45, 7) is 1.01. The predicted octanol–water partition coefficient (Wildman–Crippen LogP) is 3.89. The van der Waals surface area contributed by atoms with Crippen LogP contribution in [0.25, 0.3) is 0 Å². The van der Waals surface area contributed by atoms with Crippen LogP contribution in [0.5, 0.6) is 11.5 Å². The van der Waals surface area contributed by atoms with Crippen molar-refractivity contribution in [2.75, 3.05) is 23.3 Å². The molecule has 1 aliphatic heterocycles. The predicted molar refractivity (Wildman–Crippen MR) is 116 cm³/mol. The lowest BCUT2D eigenvalue weighted by atomic mass is 10.2. The highest BCUT2D eigenvalue weighted by molar-refractivity contribution is 7.92. The van der Waals surface area contributed by atoms with E-state index < -0.39 is 10.0 Å². The summed E-state index contributed by atoms with van der Waals surface area (Å²) in [5, 5.41) is 6.65. The van der Waals surface area contributed by atoms with Crippen LogP contribution in [-0.4, -0.2) is 27.5 Å². The van der Waals surface area contributed by atoms with Crippen molar-refractivity contribution >= 4 is 38.6 Å². The molecule has 7 nitrogen and oxygen atoms in total. The van der Waals surface area contributed by atoms with Gasteiger partial charge in [0.25, 0.3) is 10.0 Å². The molecule has 0 saturated carbocycles. The Bertz CT molecular complexity index is 1130. The molecule has 0 aliphatic carbocycles. The number of rotatable bonds is 6. The first-order valence-electron chi connectivity index (χ1n) is 9.33. The highest BCUT2D eigenvalue weighted by Gasteiger charge is 2.19. The number of ether oxygens (including phenoxy) is 2. The van der Waals surface area contributed by atoms with Crippen molar-refractivity contribution in [3.8, 4) is 11.5 Å². The molecule has 0 spiro atoms. The fraction of sp³-hybridized carbons (Fsp3) is 0.190. The number of carbonyl (C=O) groups excluding carboxylic acids is 1. The normalized spacial score (nSPS) is 13.3. The Labute approximate surface area is 178 Å². The molecule has 156 valence electrons. The molecule has 0 bridgehead atoms. The Morgan fingerprint density at radius 1 is 0.967 bits per heavy atom. The number of fused-ring (bicyclic) bond motifs is 1. The Kier molecular flexibility index (Phi) is 5.91. The standard InChI is InChI=1S/C21H20N2O5S2/c24-21(12-15-8-11-29-14-15)22-16-2-4-17(5-3-16)23-30(25,26)18-6-7-19-20(13-18)28-10-1-9-27-19/h2-8,11,13-14,23H,1,9-10,12H2,(H,22,24). The van der Waals surface area contributed by atoms with Gasteiger partial charge in [0.15, 0.2) is 11.5 Å². The summed E-state index contributed by atoms with van der Waals surface area (Å²) in [6, 6.07) is 12.9. The smallest absolute Gasteiger partial charge is 0.262 e. The highest BCUT2D eigenvalue weighted by Crippen LogP contribution is 2.32. The van der Waals surface area contributed by atoms with Gasteiger partial charge in [-0.25, -0.2) is 8.42 Å². The SMILES string of the molecule is O=C(Cc1ccsc1)Nc1ccc(NS(=O)(=O)c2ccc3c(c2)OCCCO3)cc1. The molecule has 1 aliphatic rings. The van der Waals surface area contributed by atoms with Gasteiger partial charge >= 0.3 is 0 Å². The summed E-state index contributed by atoms with van der Waals surface area (Å²) in [5.74, 6) is 0.821. The quantitative estimate of drug-likeness (QED) is 0.602. The fourth-order valence-electron chi connectivity index (χ4n) is 2.93. The van der Waals surface area contributed by atoms with Crippen LogP contribution in [0.3, 0.4) is 0 Å². The third-order valence-electron chi connectivity index (χ3n) is 4.39. The minimum absolute atomic E-state index is 0.0832. The summed E-state index contributed by atoms with van der Waals surface area (Å²) in [5.41, 5.74) is 1.93. The summed E-state index contributed by atoms with van der Waals surface area (Å²) < 4.78 is 39.1. The third-order valence-corrected chi connectivity index (χ3v) is 6.51. The van der Waals surface area contributed by atoms with Gasteiger partial charge in [-0.3, -0.25) is 9.52 Å². The van der Waals surface area contributed by atoms with Gasteiger partial charge in [-0.2, -0.15) is 11.3 Å².